The van der Waals surface area contributed by atoms with Crippen molar-refractivity contribution in [2.45, 2.75) is 24.5 Å². The molecular weight excluding hydrogens is 405 g/mol. The fraction of sp³-hybridized carbons (Fsp3) is 0.312. The van der Waals surface area contributed by atoms with E-state index >= 15 is 0 Å². The number of phosphoric ester groups is 1. The summed E-state index contributed by atoms with van der Waals surface area (Å²) in [7, 11) is -4.47. The number of benzene rings is 1. The maximum absolute atomic E-state index is 12.1. The maximum atomic E-state index is 12.1. The lowest BCUT2D eigenvalue weighted by Gasteiger charge is -2.18. The molecule has 4 rings (SSSR count). The minimum atomic E-state index is -4.47. The van der Waals surface area contributed by atoms with Gasteiger partial charge in [-0.25, -0.2) is 19.5 Å². The Morgan fingerprint density at radius 2 is 1.93 bits per heavy atom. The van der Waals surface area contributed by atoms with Gasteiger partial charge in [-0.2, -0.15) is 0 Å². The highest BCUT2D eigenvalue weighted by atomic mass is 31.2. The molecule has 1 aliphatic heterocycles. The molecule has 1 aliphatic rings. The van der Waals surface area contributed by atoms with Crippen molar-refractivity contribution in [1.29, 1.82) is 0 Å². The number of hydrogen-bond acceptors (Lipinski definition) is 10. The first-order chi connectivity index (χ1) is 13.9. The van der Waals surface area contributed by atoms with E-state index < -0.39 is 39.0 Å². The Labute approximate surface area is 164 Å². The normalized spacial score (nSPS) is 26.4. The first-order valence-electron chi connectivity index (χ1n) is 8.52. The Morgan fingerprint density at radius 1 is 1.17 bits per heavy atom. The number of nitrogen functional groups attached to an aromatic ring is 1. The molecule has 0 spiro atoms. The van der Waals surface area contributed by atoms with Crippen molar-refractivity contribution in [3.63, 3.8) is 0 Å². The number of nitrogens with zero attached hydrogens (tertiary/aromatic N) is 4. The minimum absolute atomic E-state index is 0.145. The predicted molar refractivity (Wildman–Crippen MR) is 98.5 cm³/mol. The van der Waals surface area contributed by atoms with Gasteiger partial charge >= 0.3 is 7.82 Å². The van der Waals surface area contributed by atoms with Gasteiger partial charge in [0.15, 0.2) is 17.7 Å². The SMILES string of the molecule is Nc1ncnc2c1ncn2[C@@H]1O[C@H](COP(=O)(O)Oc2ccccc2)[C@@H](O)[C@H]1O. The number of rotatable bonds is 6. The lowest BCUT2D eigenvalue weighted by Crippen LogP contribution is -2.33. The van der Waals surface area contributed by atoms with Crippen LogP contribution in [-0.2, 0) is 13.8 Å². The van der Waals surface area contributed by atoms with Crippen LogP contribution in [0.5, 0.6) is 5.75 Å². The third kappa shape index (κ3) is 3.94. The molecule has 0 aliphatic carbocycles. The van der Waals surface area contributed by atoms with Gasteiger partial charge in [0, 0.05) is 0 Å². The van der Waals surface area contributed by atoms with Crippen molar-refractivity contribution < 1.29 is 33.5 Å². The number of fused-ring (bicyclic) bond motifs is 1. The van der Waals surface area contributed by atoms with Crippen LogP contribution in [-0.4, -0.2) is 59.5 Å². The van der Waals surface area contributed by atoms with Gasteiger partial charge in [0.2, 0.25) is 0 Å². The molecule has 0 saturated carbocycles. The van der Waals surface area contributed by atoms with Crippen molar-refractivity contribution in [2.24, 2.45) is 0 Å². The second kappa shape index (κ2) is 7.67. The van der Waals surface area contributed by atoms with E-state index in [4.69, 9.17) is 19.5 Å². The van der Waals surface area contributed by atoms with E-state index in [-0.39, 0.29) is 11.6 Å². The Balaban J connectivity index is 1.46. The minimum Gasteiger partial charge on any atom is -0.404 e. The summed E-state index contributed by atoms with van der Waals surface area (Å²) >= 11 is 0. The van der Waals surface area contributed by atoms with Gasteiger partial charge < -0.3 is 25.2 Å². The van der Waals surface area contributed by atoms with Crippen molar-refractivity contribution in [1.82, 2.24) is 19.5 Å². The standard InChI is InChI=1S/C16H18N5O7P/c17-14-11-15(19-7-18-14)21(8-20-11)16-13(23)12(22)10(27-16)6-26-29(24,25)28-9-4-2-1-3-5-9/h1-5,7-8,10,12-13,16,22-23H,6H2,(H,24,25)(H2,17,18,19)/t10-,12-,13-,16-/m1/s1. The van der Waals surface area contributed by atoms with Gasteiger partial charge in [0.05, 0.1) is 12.9 Å². The molecule has 0 bridgehead atoms. The van der Waals surface area contributed by atoms with Crippen LogP contribution < -0.4 is 10.3 Å². The Bertz CT molecular complexity index is 1050. The van der Waals surface area contributed by atoms with E-state index in [2.05, 4.69) is 15.0 Å². The molecule has 29 heavy (non-hydrogen) atoms. The van der Waals surface area contributed by atoms with Crippen molar-refractivity contribution in [2.75, 3.05) is 12.3 Å². The smallest absolute Gasteiger partial charge is 0.404 e. The van der Waals surface area contributed by atoms with Crippen molar-refractivity contribution >= 4 is 24.8 Å². The highest BCUT2D eigenvalue weighted by molar-refractivity contribution is 7.47. The van der Waals surface area contributed by atoms with E-state index in [1.807, 2.05) is 0 Å². The molecule has 0 amide bonds. The predicted octanol–water partition coefficient (Wildman–Crippen LogP) is 0.224. The number of nitrogens with two attached hydrogens (primary N) is 1. The molecular formula is C16H18N5O7P. The molecule has 0 radical (unpaired) electrons. The first kappa shape index (κ1) is 19.7. The summed E-state index contributed by atoms with van der Waals surface area (Å²) in [6.45, 7) is -0.501. The average molecular weight is 423 g/mol. The molecule has 154 valence electrons. The second-order valence-corrected chi connectivity index (χ2v) is 7.68. The third-order valence-electron chi connectivity index (χ3n) is 4.36. The number of aromatic nitrogens is 4. The molecule has 5 atom stereocenters. The van der Waals surface area contributed by atoms with E-state index in [1.54, 1.807) is 18.2 Å². The highest BCUT2D eigenvalue weighted by Crippen LogP contribution is 2.44. The van der Waals surface area contributed by atoms with Crippen LogP contribution in [0.2, 0.25) is 0 Å². The largest absolute Gasteiger partial charge is 0.527 e. The molecule has 1 unspecified atom stereocenters. The van der Waals surface area contributed by atoms with Gasteiger partial charge in [0.1, 0.15) is 35.9 Å². The molecule has 12 nitrogen and oxygen atoms in total. The Hall–Kier alpha value is -2.60. The van der Waals surface area contributed by atoms with Gasteiger partial charge in [-0.3, -0.25) is 14.0 Å². The summed E-state index contributed by atoms with van der Waals surface area (Å²) in [5, 5.41) is 20.7. The summed E-state index contributed by atoms with van der Waals surface area (Å²) in [6.07, 6.45) is -2.36. The molecule has 2 aromatic heterocycles. The van der Waals surface area contributed by atoms with E-state index in [0.29, 0.717) is 11.2 Å². The van der Waals surface area contributed by atoms with E-state index in [0.717, 1.165) is 0 Å². The summed E-state index contributed by atoms with van der Waals surface area (Å²) in [5.74, 6) is 0.298. The highest BCUT2D eigenvalue weighted by Gasteiger charge is 2.45. The number of para-hydroxylation sites is 1. The molecule has 1 fully saturated rings. The average Bonchev–Trinajstić information content (AvgIpc) is 3.24. The van der Waals surface area contributed by atoms with Crippen molar-refractivity contribution in [3.8, 4) is 5.75 Å². The zero-order chi connectivity index (χ0) is 20.6. The van der Waals surface area contributed by atoms with Crippen LogP contribution in [0.25, 0.3) is 11.2 Å². The number of ether oxygens (including phenoxy) is 1. The molecule has 1 saturated heterocycles. The molecule has 1 aromatic carbocycles. The fourth-order valence-electron chi connectivity index (χ4n) is 2.96. The summed E-state index contributed by atoms with van der Waals surface area (Å²) < 4.78 is 29.0. The summed E-state index contributed by atoms with van der Waals surface area (Å²) in [5.41, 5.74) is 6.36. The quantitative estimate of drug-likeness (QED) is 0.399. The number of anilines is 1. The van der Waals surface area contributed by atoms with E-state index in [9.17, 15) is 19.7 Å². The molecule has 13 heteroatoms. The van der Waals surface area contributed by atoms with Gasteiger partial charge in [-0.05, 0) is 12.1 Å². The van der Waals surface area contributed by atoms with Crippen LogP contribution >= 0.6 is 7.82 Å². The monoisotopic (exact) mass is 423 g/mol. The van der Waals surface area contributed by atoms with Crippen LogP contribution in [0, 0.1) is 0 Å². The molecule has 3 aromatic rings. The Kier molecular flexibility index (Phi) is 5.21. The molecule has 5 N–H and O–H groups in total. The molecule has 3 heterocycles. The number of hydrogen-bond donors (Lipinski definition) is 4. The fourth-order valence-corrected chi connectivity index (χ4v) is 3.74. The van der Waals surface area contributed by atoms with Gasteiger partial charge in [-0.1, -0.05) is 18.2 Å². The van der Waals surface area contributed by atoms with Crippen molar-refractivity contribution in [3.05, 3.63) is 43.0 Å². The lowest BCUT2D eigenvalue weighted by atomic mass is 10.1. The van der Waals surface area contributed by atoms with Crippen LogP contribution in [0.1, 0.15) is 6.23 Å². The zero-order valence-corrected chi connectivity index (χ0v) is 15.7. The zero-order valence-electron chi connectivity index (χ0n) is 14.8. The van der Waals surface area contributed by atoms with Gasteiger partial charge in [-0.15, -0.1) is 0 Å². The number of imidazole rings is 1. The van der Waals surface area contributed by atoms with Crippen LogP contribution in [0.4, 0.5) is 5.82 Å². The lowest BCUT2D eigenvalue weighted by molar-refractivity contribution is -0.0501. The first-order valence-corrected chi connectivity index (χ1v) is 10.0. The maximum Gasteiger partial charge on any atom is 0.527 e. The van der Waals surface area contributed by atoms with Crippen LogP contribution in [0.3, 0.4) is 0 Å². The third-order valence-corrected chi connectivity index (χ3v) is 5.28. The van der Waals surface area contributed by atoms with Crippen LogP contribution in [0.15, 0.2) is 43.0 Å². The number of aliphatic hydroxyl groups is 2. The van der Waals surface area contributed by atoms with Gasteiger partial charge in [0.25, 0.3) is 0 Å². The number of phosphoric acid groups is 1. The summed E-state index contributed by atoms with van der Waals surface area (Å²) in [6, 6.07) is 7.96. The Morgan fingerprint density at radius 3 is 2.69 bits per heavy atom. The topological polar surface area (TPSA) is 175 Å². The summed E-state index contributed by atoms with van der Waals surface area (Å²) in [4.78, 5) is 21.8. The second-order valence-electron chi connectivity index (χ2n) is 6.30. The number of aliphatic hydroxyl groups excluding tert-OH is 2. The van der Waals surface area contributed by atoms with E-state index in [1.165, 1.54) is 29.4 Å².